The average molecular weight is 345 g/mol. The lowest BCUT2D eigenvalue weighted by atomic mass is 10.2. The van der Waals surface area contributed by atoms with Crippen LogP contribution in [0.2, 0.25) is 0 Å². The molecule has 0 spiro atoms. The lowest BCUT2D eigenvalue weighted by molar-refractivity contribution is 0.0697. The fourth-order valence-electron chi connectivity index (χ4n) is 2.25. The maximum atomic E-state index is 11.0. The Morgan fingerprint density at radius 2 is 2.21 bits per heavy atom. The molecule has 8 heteroatoms. The first-order valence-corrected chi connectivity index (χ1v) is 7.80. The SMILES string of the molecule is CCn1nc(C)c(/C=N\NC(=S)Nc2cccc(C(=O)O)c2)c1C. The molecule has 3 N–H and O–H groups in total. The van der Waals surface area contributed by atoms with Crippen molar-refractivity contribution in [2.45, 2.75) is 27.3 Å². The van der Waals surface area contributed by atoms with E-state index in [4.69, 9.17) is 17.3 Å². The van der Waals surface area contributed by atoms with Crippen molar-refractivity contribution < 1.29 is 9.90 Å². The van der Waals surface area contributed by atoms with Crippen molar-refractivity contribution in [3.05, 3.63) is 46.8 Å². The molecule has 2 aromatic rings. The first-order chi connectivity index (χ1) is 11.4. The van der Waals surface area contributed by atoms with Crippen molar-refractivity contribution in [2.24, 2.45) is 5.10 Å². The van der Waals surface area contributed by atoms with Gasteiger partial charge >= 0.3 is 5.97 Å². The van der Waals surface area contributed by atoms with Crippen molar-refractivity contribution >= 4 is 35.2 Å². The number of carbonyl (C=O) groups is 1. The summed E-state index contributed by atoms with van der Waals surface area (Å²) in [6.07, 6.45) is 1.67. The molecule has 0 unspecified atom stereocenters. The monoisotopic (exact) mass is 345 g/mol. The van der Waals surface area contributed by atoms with Crippen LogP contribution >= 0.6 is 12.2 Å². The minimum Gasteiger partial charge on any atom is -0.478 e. The molecular formula is C16H19N5O2S. The van der Waals surface area contributed by atoms with Crippen molar-refractivity contribution in [1.82, 2.24) is 15.2 Å². The van der Waals surface area contributed by atoms with Crippen LogP contribution < -0.4 is 10.7 Å². The number of nitrogens with zero attached hydrogens (tertiary/aromatic N) is 3. The summed E-state index contributed by atoms with van der Waals surface area (Å²) in [5.74, 6) is -0.991. The molecule has 0 saturated heterocycles. The summed E-state index contributed by atoms with van der Waals surface area (Å²) >= 11 is 5.15. The molecule has 24 heavy (non-hydrogen) atoms. The minimum absolute atomic E-state index is 0.185. The number of rotatable bonds is 5. The second-order valence-electron chi connectivity index (χ2n) is 5.11. The zero-order chi connectivity index (χ0) is 17.7. The number of aromatic carboxylic acids is 1. The number of nitrogens with one attached hydrogen (secondary N) is 2. The number of hydrogen-bond acceptors (Lipinski definition) is 4. The van der Waals surface area contributed by atoms with Gasteiger partial charge < -0.3 is 10.4 Å². The van der Waals surface area contributed by atoms with Gasteiger partial charge in [-0.3, -0.25) is 10.1 Å². The molecule has 126 valence electrons. The van der Waals surface area contributed by atoms with Gasteiger partial charge in [0.25, 0.3) is 0 Å². The zero-order valence-corrected chi connectivity index (χ0v) is 14.5. The maximum absolute atomic E-state index is 11.0. The van der Waals surface area contributed by atoms with Gasteiger partial charge in [0.2, 0.25) is 0 Å². The summed E-state index contributed by atoms with van der Waals surface area (Å²) in [5, 5.41) is 20.7. The standard InChI is InChI=1S/C16H19N5O2S/c1-4-21-11(3)14(10(2)20-21)9-17-19-16(24)18-13-7-5-6-12(8-13)15(22)23/h5-9H,4H2,1-3H3,(H,22,23)(H2,18,19,24)/b17-9-. The largest absolute Gasteiger partial charge is 0.478 e. The fourth-order valence-corrected chi connectivity index (χ4v) is 2.42. The molecule has 1 aromatic carbocycles. The van der Waals surface area contributed by atoms with Crippen LogP contribution in [0.15, 0.2) is 29.4 Å². The number of benzene rings is 1. The molecule has 0 bridgehead atoms. The Hall–Kier alpha value is -2.74. The first-order valence-electron chi connectivity index (χ1n) is 7.39. The Balaban J connectivity index is 2.00. The van der Waals surface area contributed by atoms with E-state index in [2.05, 4.69) is 20.9 Å². The molecule has 0 radical (unpaired) electrons. The van der Waals surface area contributed by atoms with Crippen LogP contribution in [0.5, 0.6) is 0 Å². The van der Waals surface area contributed by atoms with Crippen LogP contribution in [0.25, 0.3) is 0 Å². The molecular weight excluding hydrogens is 326 g/mol. The summed E-state index contributed by atoms with van der Waals surface area (Å²) in [6.45, 7) is 6.74. The predicted octanol–water partition coefficient (Wildman–Crippen LogP) is 2.54. The second kappa shape index (κ2) is 7.69. The number of aromatic nitrogens is 2. The van der Waals surface area contributed by atoms with E-state index in [-0.39, 0.29) is 10.7 Å². The van der Waals surface area contributed by atoms with E-state index in [9.17, 15) is 4.79 Å². The highest BCUT2D eigenvalue weighted by molar-refractivity contribution is 7.80. The Bertz CT molecular complexity index is 798. The smallest absolute Gasteiger partial charge is 0.335 e. The van der Waals surface area contributed by atoms with Gasteiger partial charge in [-0.15, -0.1) is 0 Å². The van der Waals surface area contributed by atoms with Crippen LogP contribution in [-0.2, 0) is 6.54 Å². The number of hydrazone groups is 1. The summed E-state index contributed by atoms with van der Waals surface area (Å²) < 4.78 is 1.91. The van der Waals surface area contributed by atoms with E-state index < -0.39 is 5.97 Å². The third-order valence-electron chi connectivity index (χ3n) is 3.46. The molecule has 0 fully saturated rings. The number of anilines is 1. The third-order valence-corrected chi connectivity index (χ3v) is 3.66. The summed E-state index contributed by atoms with van der Waals surface area (Å²) in [5.41, 5.74) is 6.35. The number of thiocarbonyl (C=S) groups is 1. The van der Waals surface area contributed by atoms with Crippen LogP contribution in [0, 0.1) is 13.8 Å². The van der Waals surface area contributed by atoms with Crippen molar-refractivity contribution in [2.75, 3.05) is 5.32 Å². The van der Waals surface area contributed by atoms with Crippen molar-refractivity contribution in [3.63, 3.8) is 0 Å². The zero-order valence-electron chi connectivity index (χ0n) is 13.7. The molecule has 0 aliphatic carbocycles. The van der Waals surface area contributed by atoms with Gasteiger partial charge in [0.05, 0.1) is 17.5 Å². The normalized spacial score (nSPS) is 10.8. The van der Waals surface area contributed by atoms with Gasteiger partial charge in [0.15, 0.2) is 5.11 Å². The van der Waals surface area contributed by atoms with Crippen LogP contribution in [0.1, 0.15) is 34.2 Å². The van der Waals surface area contributed by atoms with Gasteiger partial charge in [-0.1, -0.05) is 6.07 Å². The van der Waals surface area contributed by atoms with Gasteiger partial charge in [0.1, 0.15) is 0 Å². The van der Waals surface area contributed by atoms with Crippen molar-refractivity contribution in [3.8, 4) is 0 Å². The Kier molecular flexibility index (Phi) is 5.64. The fraction of sp³-hybridized carbons (Fsp3) is 0.250. The van der Waals surface area contributed by atoms with Gasteiger partial charge in [-0.05, 0) is 51.2 Å². The Labute approximate surface area is 145 Å². The predicted molar refractivity (Wildman–Crippen MR) is 97.7 cm³/mol. The van der Waals surface area contributed by atoms with E-state index in [1.165, 1.54) is 12.1 Å². The Morgan fingerprint density at radius 1 is 1.46 bits per heavy atom. The summed E-state index contributed by atoms with van der Waals surface area (Å²) in [7, 11) is 0. The molecule has 1 heterocycles. The highest BCUT2D eigenvalue weighted by atomic mass is 32.1. The van der Waals surface area contributed by atoms with E-state index in [0.717, 1.165) is 23.5 Å². The second-order valence-corrected chi connectivity index (χ2v) is 5.52. The van der Waals surface area contributed by atoms with E-state index in [1.807, 2.05) is 25.5 Å². The number of hydrogen-bond donors (Lipinski definition) is 3. The molecule has 0 aliphatic rings. The van der Waals surface area contributed by atoms with Crippen LogP contribution in [-0.4, -0.2) is 32.2 Å². The Morgan fingerprint density at radius 3 is 2.83 bits per heavy atom. The maximum Gasteiger partial charge on any atom is 0.335 e. The minimum atomic E-state index is -0.991. The molecule has 0 amide bonds. The molecule has 0 aliphatic heterocycles. The number of carboxylic acid groups (broad SMARTS) is 1. The van der Waals surface area contributed by atoms with Crippen LogP contribution in [0.4, 0.5) is 5.69 Å². The van der Waals surface area contributed by atoms with Gasteiger partial charge in [0, 0.05) is 23.5 Å². The van der Waals surface area contributed by atoms with E-state index >= 15 is 0 Å². The molecule has 2 rings (SSSR count). The summed E-state index contributed by atoms with van der Waals surface area (Å²) in [4.78, 5) is 11.0. The third kappa shape index (κ3) is 4.17. The quantitative estimate of drug-likeness (QED) is 0.438. The summed E-state index contributed by atoms with van der Waals surface area (Å²) in [6, 6.07) is 6.38. The van der Waals surface area contributed by atoms with E-state index in [1.54, 1.807) is 18.3 Å². The molecule has 0 saturated carbocycles. The van der Waals surface area contributed by atoms with Crippen molar-refractivity contribution in [1.29, 1.82) is 0 Å². The lowest BCUT2D eigenvalue weighted by Crippen LogP contribution is -2.24. The molecule has 0 atom stereocenters. The van der Waals surface area contributed by atoms with Gasteiger partial charge in [-0.25, -0.2) is 4.79 Å². The lowest BCUT2D eigenvalue weighted by Gasteiger charge is -2.07. The molecule has 7 nitrogen and oxygen atoms in total. The average Bonchev–Trinajstić information content (AvgIpc) is 2.82. The van der Waals surface area contributed by atoms with E-state index in [0.29, 0.717) is 5.69 Å². The highest BCUT2D eigenvalue weighted by Gasteiger charge is 2.08. The van der Waals surface area contributed by atoms with Gasteiger partial charge in [-0.2, -0.15) is 10.2 Å². The van der Waals surface area contributed by atoms with Crippen LogP contribution in [0.3, 0.4) is 0 Å². The number of aryl methyl sites for hydroxylation is 2. The first kappa shape index (κ1) is 17.6. The highest BCUT2D eigenvalue weighted by Crippen LogP contribution is 2.11. The topological polar surface area (TPSA) is 91.5 Å². The molecule has 1 aromatic heterocycles. The number of carboxylic acids is 1.